The van der Waals surface area contributed by atoms with Crippen molar-refractivity contribution in [3.63, 3.8) is 0 Å². The highest BCUT2D eigenvalue weighted by Gasteiger charge is 2.21. The summed E-state index contributed by atoms with van der Waals surface area (Å²) in [5, 5.41) is 2.34. The summed E-state index contributed by atoms with van der Waals surface area (Å²) in [6.07, 6.45) is 0. The van der Waals surface area contributed by atoms with Crippen LogP contribution < -0.4 is 4.31 Å². The molecule has 0 atom stereocenters. The third kappa shape index (κ3) is 2.88. The van der Waals surface area contributed by atoms with E-state index in [-0.39, 0.29) is 5.75 Å². The fourth-order valence-electron chi connectivity index (χ4n) is 1.49. The lowest BCUT2D eigenvalue weighted by Gasteiger charge is -2.16. The molecule has 1 aromatic carbocycles. The molecule has 6 heteroatoms. The first-order chi connectivity index (χ1) is 8.49. The Morgan fingerprint density at radius 1 is 1.28 bits per heavy atom. The Hall–Kier alpha value is -1.40. The largest absolute Gasteiger partial charge is 0.248 e. The van der Waals surface area contributed by atoms with Crippen molar-refractivity contribution in [2.45, 2.75) is 12.7 Å². The van der Waals surface area contributed by atoms with Crippen LogP contribution in [0, 0.1) is 6.92 Å². The maximum Gasteiger partial charge on any atom is 0.240 e. The number of benzene rings is 1. The minimum Gasteiger partial charge on any atom is -0.248 e. The molecule has 0 aliphatic rings. The molecule has 0 aliphatic carbocycles. The quantitative estimate of drug-likeness (QED) is 0.865. The molecule has 0 fully saturated rings. The topological polar surface area (TPSA) is 50.3 Å². The first-order valence-electron chi connectivity index (χ1n) is 5.42. The molecule has 2 aromatic rings. The number of aromatic nitrogens is 1. The molecule has 1 aromatic heterocycles. The van der Waals surface area contributed by atoms with Crippen molar-refractivity contribution >= 4 is 26.5 Å². The smallest absolute Gasteiger partial charge is 0.240 e. The second-order valence-electron chi connectivity index (χ2n) is 3.98. The van der Waals surface area contributed by atoms with E-state index >= 15 is 0 Å². The normalized spacial score (nSPS) is 11.4. The Labute approximate surface area is 111 Å². The number of hydrogen-bond acceptors (Lipinski definition) is 4. The van der Waals surface area contributed by atoms with E-state index in [4.69, 9.17) is 0 Å². The molecule has 0 N–H and O–H groups in total. The number of sulfonamides is 1. The van der Waals surface area contributed by atoms with Crippen LogP contribution >= 0.6 is 11.3 Å². The lowest BCUT2D eigenvalue weighted by Crippen LogP contribution is -2.27. The highest BCUT2D eigenvalue weighted by molar-refractivity contribution is 7.92. The second-order valence-corrected chi connectivity index (χ2v) is 6.82. The standard InChI is InChI=1S/C12H14N2O2S2/c1-10-8-17-12(13-10)14(2)18(15,16)9-11-6-4-3-5-7-11/h3-8H,9H2,1-2H3. The van der Waals surface area contributed by atoms with Gasteiger partial charge in [-0.05, 0) is 12.5 Å². The molecule has 1 heterocycles. The van der Waals surface area contributed by atoms with Gasteiger partial charge in [-0.1, -0.05) is 30.3 Å². The molecular weight excluding hydrogens is 268 g/mol. The lowest BCUT2D eigenvalue weighted by molar-refractivity contribution is 0.593. The van der Waals surface area contributed by atoms with E-state index in [0.29, 0.717) is 5.13 Å². The summed E-state index contributed by atoms with van der Waals surface area (Å²) in [5.41, 5.74) is 1.61. The minimum absolute atomic E-state index is 0.0109. The van der Waals surface area contributed by atoms with Gasteiger partial charge in [0.25, 0.3) is 0 Å². The van der Waals surface area contributed by atoms with Gasteiger partial charge < -0.3 is 0 Å². The first kappa shape index (κ1) is 13.0. The highest BCUT2D eigenvalue weighted by Crippen LogP contribution is 2.22. The molecular formula is C12H14N2O2S2. The average Bonchev–Trinajstić information content (AvgIpc) is 2.75. The summed E-state index contributed by atoms with van der Waals surface area (Å²) in [6.45, 7) is 1.84. The third-order valence-corrected chi connectivity index (χ3v) is 5.34. The SMILES string of the molecule is Cc1csc(N(C)S(=O)(=O)Cc2ccccc2)n1. The monoisotopic (exact) mass is 282 g/mol. The van der Waals surface area contributed by atoms with Gasteiger partial charge in [-0.2, -0.15) is 0 Å². The summed E-state index contributed by atoms with van der Waals surface area (Å²) >= 11 is 1.33. The zero-order chi connectivity index (χ0) is 13.2. The van der Waals surface area contributed by atoms with E-state index in [1.54, 1.807) is 12.1 Å². The van der Waals surface area contributed by atoms with Crippen LogP contribution in [-0.2, 0) is 15.8 Å². The third-order valence-electron chi connectivity index (χ3n) is 2.49. The molecule has 0 amide bonds. The van der Waals surface area contributed by atoms with E-state index in [1.165, 1.54) is 22.7 Å². The molecule has 18 heavy (non-hydrogen) atoms. The van der Waals surface area contributed by atoms with Crippen LogP contribution in [0.1, 0.15) is 11.3 Å². The zero-order valence-corrected chi connectivity index (χ0v) is 11.8. The van der Waals surface area contributed by atoms with Crippen LogP contribution in [0.15, 0.2) is 35.7 Å². The Bertz CT molecular complexity index is 621. The first-order valence-corrected chi connectivity index (χ1v) is 7.90. The highest BCUT2D eigenvalue weighted by atomic mass is 32.2. The summed E-state index contributed by atoms with van der Waals surface area (Å²) in [4.78, 5) is 4.18. The predicted octanol–water partition coefficient (Wildman–Crippen LogP) is 2.42. The number of aryl methyl sites for hydroxylation is 1. The molecule has 2 rings (SSSR count). The summed E-state index contributed by atoms with van der Waals surface area (Å²) in [5.74, 6) is -0.0109. The Morgan fingerprint density at radius 2 is 1.94 bits per heavy atom. The van der Waals surface area contributed by atoms with Crippen molar-refractivity contribution < 1.29 is 8.42 Å². The van der Waals surface area contributed by atoms with Crippen LogP contribution in [0.25, 0.3) is 0 Å². The maximum atomic E-state index is 12.2. The number of hydrogen-bond donors (Lipinski definition) is 0. The van der Waals surface area contributed by atoms with E-state index in [1.807, 2.05) is 30.5 Å². The second kappa shape index (κ2) is 5.07. The van der Waals surface area contributed by atoms with Crippen LogP contribution in [0.4, 0.5) is 5.13 Å². The number of rotatable bonds is 4. The van der Waals surface area contributed by atoms with Gasteiger partial charge in [0.2, 0.25) is 10.0 Å². The van der Waals surface area contributed by atoms with Gasteiger partial charge in [0, 0.05) is 12.4 Å². The van der Waals surface area contributed by atoms with Crippen molar-refractivity contribution in [3.05, 3.63) is 47.0 Å². The molecule has 4 nitrogen and oxygen atoms in total. The van der Waals surface area contributed by atoms with E-state index in [0.717, 1.165) is 11.3 Å². The van der Waals surface area contributed by atoms with Gasteiger partial charge in [-0.15, -0.1) is 11.3 Å². The molecule has 0 spiro atoms. The van der Waals surface area contributed by atoms with Gasteiger partial charge in [0.15, 0.2) is 5.13 Å². The number of nitrogens with zero attached hydrogens (tertiary/aromatic N) is 2. The summed E-state index contributed by atoms with van der Waals surface area (Å²) in [7, 11) is -1.83. The van der Waals surface area contributed by atoms with Crippen molar-refractivity contribution in [1.29, 1.82) is 0 Å². The number of thiazole rings is 1. The summed E-state index contributed by atoms with van der Waals surface area (Å²) < 4.78 is 25.7. The Morgan fingerprint density at radius 3 is 2.50 bits per heavy atom. The molecule has 0 unspecified atom stereocenters. The average molecular weight is 282 g/mol. The van der Waals surface area contributed by atoms with E-state index < -0.39 is 10.0 Å². The van der Waals surface area contributed by atoms with Gasteiger partial charge in [0.05, 0.1) is 11.4 Å². The Kier molecular flexibility index (Phi) is 3.68. The van der Waals surface area contributed by atoms with Gasteiger partial charge in [-0.25, -0.2) is 17.7 Å². The van der Waals surface area contributed by atoms with Crippen molar-refractivity contribution in [2.24, 2.45) is 0 Å². The number of anilines is 1. The van der Waals surface area contributed by atoms with Crippen LogP contribution in [0.5, 0.6) is 0 Å². The minimum atomic E-state index is -3.37. The van der Waals surface area contributed by atoms with E-state index in [9.17, 15) is 8.42 Å². The van der Waals surface area contributed by atoms with E-state index in [2.05, 4.69) is 4.98 Å². The maximum absolute atomic E-state index is 12.2. The molecule has 0 radical (unpaired) electrons. The lowest BCUT2D eigenvalue weighted by atomic mass is 10.2. The molecule has 0 aliphatic heterocycles. The van der Waals surface area contributed by atoms with Crippen molar-refractivity contribution in [3.8, 4) is 0 Å². The Balaban J connectivity index is 2.21. The van der Waals surface area contributed by atoms with Crippen LogP contribution in [0.2, 0.25) is 0 Å². The molecule has 0 saturated heterocycles. The molecule has 0 saturated carbocycles. The van der Waals surface area contributed by atoms with Gasteiger partial charge in [-0.3, -0.25) is 0 Å². The van der Waals surface area contributed by atoms with Crippen LogP contribution in [0.3, 0.4) is 0 Å². The zero-order valence-electron chi connectivity index (χ0n) is 10.2. The fourth-order valence-corrected chi connectivity index (χ4v) is 3.72. The predicted molar refractivity (Wildman–Crippen MR) is 74.3 cm³/mol. The van der Waals surface area contributed by atoms with Crippen molar-refractivity contribution in [1.82, 2.24) is 4.98 Å². The van der Waals surface area contributed by atoms with Crippen molar-refractivity contribution in [2.75, 3.05) is 11.4 Å². The van der Waals surface area contributed by atoms with Gasteiger partial charge in [0.1, 0.15) is 0 Å². The molecule has 0 bridgehead atoms. The molecule has 96 valence electrons. The van der Waals surface area contributed by atoms with Gasteiger partial charge >= 0.3 is 0 Å². The van der Waals surface area contributed by atoms with Crippen LogP contribution in [-0.4, -0.2) is 20.4 Å². The summed E-state index contributed by atoms with van der Waals surface area (Å²) in [6, 6.07) is 9.14. The fraction of sp³-hybridized carbons (Fsp3) is 0.250.